The summed E-state index contributed by atoms with van der Waals surface area (Å²) in [6.07, 6.45) is 1.93. The quantitative estimate of drug-likeness (QED) is 0.555. The van der Waals surface area contributed by atoms with E-state index in [0.29, 0.717) is 18.6 Å². The number of carbonyl (C=O) groups excluding carboxylic acids is 2. The first kappa shape index (κ1) is 11.4. The average Bonchev–Trinajstić information content (AvgIpc) is 2.17. The Hall–Kier alpha value is -1.69. The molecule has 0 aliphatic carbocycles. The number of nitrogens with zero attached hydrogens (tertiary/aromatic N) is 2. The maximum absolute atomic E-state index is 10.6. The van der Waals surface area contributed by atoms with Gasteiger partial charge in [-0.05, 0) is 0 Å². The molecule has 1 aromatic heterocycles. The Labute approximate surface area is 90.8 Å². The number of hydrogen-bond acceptors (Lipinski definition) is 5. The standard InChI is InChI=1S/C8H9ClN4O2/c9-7-5(3-14)8(13-4-12-7)11-2-1-6(10)15/h3-4H,1-2H2,(H2,10,15)(H,11,12,13). The van der Waals surface area contributed by atoms with E-state index in [-0.39, 0.29) is 17.1 Å². The summed E-state index contributed by atoms with van der Waals surface area (Å²) in [5, 5.41) is 2.84. The number of hydrogen-bond donors (Lipinski definition) is 2. The number of aldehydes is 1. The van der Waals surface area contributed by atoms with Crippen LogP contribution in [0.25, 0.3) is 0 Å². The molecule has 1 aromatic rings. The van der Waals surface area contributed by atoms with Gasteiger partial charge < -0.3 is 11.1 Å². The predicted octanol–water partition coefficient (Wildman–Crippen LogP) is 0.230. The number of carbonyl (C=O) groups is 2. The Balaban J connectivity index is 2.72. The Morgan fingerprint density at radius 3 is 2.93 bits per heavy atom. The smallest absolute Gasteiger partial charge is 0.219 e. The minimum atomic E-state index is -0.435. The summed E-state index contributed by atoms with van der Waals surface area (Å²) in [6.45, 7) is 0.295. The van der Waals surface area contributed by atoms with Gasteiger partial charge in [-0.15, -0.1) is 0 Å². The van der Waals surface area contributed by atoms with Gasteiger partial charge in [-0.25, -0.2) is 9.97 Å². The lowest BCUT2D eigenvalue weighted by molar-refractivity contribution is -0.117. The molecule has 0 fully saturated rings. The van der Waals surface area contributed by atoms with Crippen molar-refractivity contribution in [2.75, 3.05) is 11.9 Å². The third-order valence-corrected chi connectivity index (χ3v) is 1.92. The highest BCUT2D eigenvalue weighted by molar-refractivity contribution is 6.32. The Kier molecular flexibility index (Phi) is 3.99. The first-order valence-electron chi connectivity index (χ1n) is 4.13. The van der Waals surface area contributed by atoms with Gasteiger partial charge in [-0.2, -0.15) is 0 Å². The molecule has 0 saturated heterocycles. The van der Waals surface area contributed by atoms with Crippen molar-refractivity contribution in [3.05, 3.63) is 17.0 Å². The van der Waals surface area contributed by atoms with E-state index in [1.54, 1.807) is 0 Å². The van der Waals surface area contributed by atoms with E-state index < -0.39 is 5.91 Å². The summed E-state index contributed by atoms with van der Waals surface area (Å²) in [4.78, 5) is 28.6. The van der Waals surface area contributed by atoms with Crippen LogP contribution in [0.4, 0.5) is 5.82 Å². The van der Waals surface area contributed by atoms with E-state index in [4.69, 9.17) is 17.3 Å². The number of nitrogens with one attached hydrogen (secondary N) is 1. The number of nitrogens with two attached hydrogens (primary N) is 1. The largest absolute Gasteiger partial charge is 0.370 e. The molecule has 0 atom stereocenters. The van der Waals surface area contributed by atoms with E-state index in [9.17, 15) is 9.59 Å². The third-order valence-electron chi connectivity index (χ3n) is 1.62. The summed E-state index contributed by atoms with van der Waals surface area (Å²) >= 11 is 5.66. The van der Waals surface area contributed by atoms with Gasteiger partial charge in [0.2, 0.25) is 5.91 Å². The van der Waals surface area contributed by atoms with E-state index in [1.807, 2.05) is 0 Å². The van der Waals surface area contributed by atoms with E-state index in [1.165, 1.54) is 6.33 Å². The topological polar surface area (TPSA) is 98.0 Å². The zero-order valence-electron chi connectivity index (χ0n) is 7.74. The van der Waals surface area contributed by atoms with Crippen molar-refractivity contribution in [1.29, 1.82) is 0 Å². The number of halogens is 1. The third kappa shape index (κ3) is 3.17. The number of aromatic nitrogens is 2. The van der Waals surface area contributed by atoms with Gasteiger partial charge >= 0.3 is 0 Å². The Morgan fingerprint density at radius 1 is 1.60 bits per heavy atom. The van der Waals surface area contributed by atoms with Crippen LogP contribution in [-0.2, 0) is 4.79 Å². The molecule has 0 saturated carbocycles. The van der Waals surface area contributed by atoms with Gasteiger partial charge in [-0.1, -0.05) is 11.6 Å². The summed E-state index contributed by atoms with van der Waals surface area (Å²) < 4.78 is 0. The molecule has 1 heterocycles. The fourth-order valence-electron chi connectivity index (χ4n) is 0.923. The van der Waals surface area contributed by atoms with Crippen LogP contribution in [-0.4, -0.2) is 28.7 Å². The van der Waals surface area contributed by atoms with Crippen LogP contribution in [0.15, 0.2) is 6.33 Å². The highest BCUT2D eigenvalue weighted by Crippen LogP contribution is 2.16. The fourth-order valence-corrected chi connectivity index (χ4v) is 1.10. The average molecular weight is 229 g/mol. The Bertz CT molecular complexity index is 383. The summed E-state index contributed by atoms with van der Waals surface area (Å²) in [6, 6.07) is 0. The molecule has 1 amide bonds. The predicted molar refractivity (Wildman–Crippen MR) is 54.7 cm³/mol. The first-order chi connectivity index (χ1) is 7.15. The van der Waals surface area contributed by atoms with Crippen molar-refractivity contribution in [3.63, 3.8) is 0 Å². The molecule has 6 nitrogen and oxygen atoms in total. The van der Waals surface area contributed by atoms with Crippen LogP contribution in [0.1, 0.15) is 16.8 Å². The molecule has 0 spiro atoms. The molecule has 80 valence electrons. The van der Waals surface area contributed by atoms with Crippen molar-refractivity contribution < 1.29 is 9.59 Å². The highest BCUT2D eigenvalue weighted by atomic mass is 35.5. The van der Waals surface area contributed by atoms with E-state index in [0.717, 1.165) is 0 Å². The molecule has 0 aliphatic heterocycles. The molecule has 3 N–H and O–H groups in total. The van der Waals surface area contributed by atoms with Gasteiger partial charge in [0.15, 0.2) is 6.29 Å². The molecule has 0 unspecified atom stereocenters. The van der Waals surface area contributed by atoms with Crippen LogP contribution >= 0.6 is 11.6 Å². The van der Waals surface area contributed by atoms with Gasteiger partial charge in [0.05, 0.1) is 5.56 Å². The normalized spacial score (nSPS) is 9.67. The van der Waals surface area contributed by atoms with Crippen LogP contribution in [0.5, 0.6) is 0 Å². The van der Waals surface area contributed by atoms with Gasteiger partial charge in [0.25, 0.3) is 0 Å². The second-order valence-corrected chi connectivity index (χ2v) is 3.05. The minimum absolute atomic E-state index is 0.0709. The maximum atomic E-state index is 10.6. The maximum Gasteiger partial charge on any atom is 0.219 e. The molecule has 0 aliphatic rings. The zero-order valence-corrected chi connectivity index (χ0v) is 8.49. The number of primary amides is 1. The van der Waals surface area contributed by atoms with Crippen LogP contribution < -0.4 is 11.1 Å². The van der Waals surface area contributed by atoms with Crippen molar-refractivity contribution in [2.45, 2.75) is 6.42 Å². The lowest BCUT2D eigenvalue weighted by Gasteiger charge is -2.06. The molecule has 1 rings (SSSR count). The first-order valence-corrected chi connectivity index (χ1v) is 4.50. The second-order valence-electron chi connectivity index (χ2n) is 2.69. The zero-order chi connectivity index (χ0) is 11.3. The van der Waals surface area contributed by atoms with Crippen molar-refractivity contribution in [2.24, 2.45) is 5.73 Å². The fraction of sp³-hybridized carbons (Fsp3) is 0.250. The van der Waals surface area contributed by atoms with Crippen LogP contribution in [0.3, 0.4) is 0 Å². The lowest BCUT2D eigenvalue weighted by atomic mass is 10.3. The number of rotatable bonds is 5. The van der Waals surface area contributed by atoms with E-state index >= 15 is 0 Å². The lowest BCUT2D eigenvalue weighted by Crippen LogP contribution is -2.17. The van der Waals surface area contributed by atoms with E-state index in [2.05, 4.69) is 15.3 Å². The number of amides is 1. The van der Waals surface area contributed by atoms with Crippen LogP contribution in [0, 0.1) is 0 Å². The molecule has 0 aromatic carbocycles. The molecular formula is C8H9ClN4O2. The molecule has 0 bridgehead atoms. The molecule has 0 radical (unpaired) electrons. The van der Waals surface area contributed by atoms with Crippen LogP contribution in [0.2, 0.25) is 5.15 Å². The summed E-state index contributed by atoms with van der Waals surface area (Å²) in [5.41, 5.74) is 5.12. The monoisotopic (exact) mass is 228 g/mol. The van der Waals surface area contributed by atoms with Gasteiger partial charge in [-0.3, -0.25) is 9.59 Å². The van der Waals surface area contributed by atoms with Gasteiger partial charge in [0, 0.05) is 13.0 Å². The highest BCUT2D eigenvalue weighted by Gasteiger charge is 2.08. The number of anilines is 1. The SMILES string of the molecule is NC(=O)CCNc1ncnc(Cl)c1C=O. The molecule has 7 heteroatoms. The van der Waals surface area contributed by atoms with Crippen molar-refractivity contribution >= 4 is 29.6 Å². The summed E-state index contributed by atoms with van der Waals surface area (Å²) in [7, 11) is 0. The minimum Gasteiger partial charge on any atom is -0.370 e. The van der Waals surface area contributed by atoms with Crippen molar-refractivity contribution in [1.82, 2.24) is 9.97 Å². The van der Waals surface area contributed by atoms with Crippen molar-refractivity contribution in [3.8, 4) is 0 Å². The molecular weight excluding hydrogens is 220 g/mol. The molecule has 15 heavy (non-hydrogen) atoms. The van der Waals surface area contributed by atoms with Gasteiger partial charge in [0.1, 0.15) is 17.3 Å². The Morgan fingerprint density at radius 2 is 2.33 bits per heavy atom. The summed E-state index contributed by atoms with van der Waals surface area (Å²) in [5.74, 6) is -0.137. The second kappa shape index (κ2) is 5.26.